The molecule has 0 radical (unpaired) electrons. The van der Waals surface area contributed by atoms with Crippen LogP contribution in [0.5, 0.6) is 5.75 Å². The van der Waals surface area contributed by atoms with E-state index in [4.69, 9.17) is 13.9 Å². The molecule has 2 atom stereocenters. The lowest BCUT2D eigenvalue weighted by molar-refractivity contribution is -0.106. The van der Waals surface area contributed by atoms with Crippen molar-refractivity contribution in [2.24, 2.45) is 5.92 Å². The van der Waals surface area contributed by atoms with Gasteiger partial charge in [0.15, 0.2) is 11.6 Å². The number of alkyl halides is 3. The second-order valence-electron chi connectivity index (χ2n) is 6.81. The van der Waals surface area contributed by atoms with Crippen LogP contribution in [0.4, 0.5) is 13.2 Å². The number of ether oxygens (including phenoxy) is 2. The van der Waals surface area contributed by atoms with Gasteiger partial charge in [-0.15, -0.1) is 0 Å². The summed E-state index contributed by atoms with van der Waals surface area (Å²) in [6.45, 7) is 2.30. The minimum Gasteiger partial charge on any atom is -0.493 e. The molecule has 0 aliphatic carbocycles. The van der Waals surface area contributed by atoms with E-state index >= 15 is 0 Å². The van der Waals surface area contributed by atoms with Gasteiger partial charge in [-0.25, -0.2) is 18.1 Å². The van der Waals surface area contributed by atoms with E-state index < -0.39 is 33.9 Å². The van der Waals surface area contributed by atoms with Crippen LogP contribution in [-0.2, 0) is 14.8 Å². The zero-order valence-electron chi connectivity index (χ0n) is 15.6. The number of nitrogens with zero attached hydrogens (tertiary/aromatic N) is 1. The van der Waals surface area contributed by atoms with Gasteiger partial charge in [-0.05, 0) is 30.7 Å². The Kier molecular flexibility index (Phi) is 6.49. The van der Waals surface area contributed by atoms with Gasteiger partial charge in [0.05, 0.1) is 13.2 Å². The second-order valence-corrected chi connectivity index (χ2v) is 8.56. The van der Waals surface area contributed by atoms with E-state index in [1.54, 1.807) is 37.5 Å². The van der Waals surface area contributed by atoms with Crippen molar-refractivity contribution >= 4 is 10.0 Å². The van der Waals surface area contributed by atoms with Crippen molar-refractivity contribution in [3.8, 4) is 17.0 Å². The third-order valence-electron chi connectivity index (χ3n) is 4.39. The number of hydrogen-bond donors (Lipinski definition) is 1. The summed E-state index contributed by atoms with van der Waals surface area (Å²) < 4.78 is 79.3. The molecule has 3 rings (SSSR count). The first kappa shape index (κ1) is 21.6. The number of halogens is 3. The molecule has 1 N–H and O–H groups in total. The summed E-state index contributed by atoms with van der Waals surface area (Å²) in [6, 6.07) is 6.37. The van der Waals surface area contributed by atoms with E-state index in [-0.39, 0.29) is 26.2 Å². The highest BCUT2D eigenvalue weighted by atomic mass is 32.2. The van der Waals surface area contributed by atoms with Gasteiger partial charge in [0.1, 0.15) is 17.7 Å². The summed E-state index contributed by atoms with van der Waals surface area (Å²) in [5.41, 5.74) is 1.53. The van der Waals surface area contributed by atoms with Crippen LogP contribution in [-0.4, -0.2) is 51.2 Å². The third kappa shape index (κ3) is 6.44. The molecule has 0 unspecified atom stereocenters. The van der Waals surface area contributed by atoms with Gasteiger partial charge in [0.2, 0.25) is 10.0 Å². The van der Waals surface area contributed by atoms with Gasteiger partial charge >= 0.3 is 6.18 Å². The molecule has 2 heterocycles. The van der Waals surface area contributed by atoms with Crippen LogP contribution in [0.2, 0.25) is 0 Å². The number of aromatic nitrogens is 1. The topological polar surface area (TPSA) is 90.7 Å². The Labute approximate surface area is 166 Å². The molecular weight excluding hydrogens is 413 g/mol. The van der Waals surface area contributed by atoms with E-state index in [0.29, 0.717) is 17.3 Å². The fraction of sp³-hybridized carbons (Fsp3) is 0.500. The van der Waals surface area contributed by atoms with Crippen LogP contribution in [0.3, 0.4) is 0 Å². The predicted octanol–water partition coefficient (Wildman–Crippen LogP) is 2.92. The summed E-state index contributed by atoms with van der Waals surface area (Å²) in [6.07, 6.45) is -2.98. The summed E-state index contributed by atoms with van der Waals surface area (Å²) in [7, 11) is -4.49. The molecular formula is C18H21F3N2O5S. The molecule has 2 aromatic rings. The lowest BCUT2D eigenvalue weighted by atomic mass is 9.98. The molecule has 1 aromatic carbocycles. The number of aryl methyl sites for hydroxylation is 1. The average Bonchev–Trinajstić information content (AvgIpc) is 3.05. The molecule has 11 heteroatoms. The van der Waals surface area contributed by atoms with E-state index in [2.05, 4.69) is 9.71 Å². The molecule has 0 saturated carbocycles. The van der Waals surface area contributed by atoms with E-state index in [1.807, 2.05) is 0 Å². The van der Waals surface area contributed by atoms with Crippen molar-refractivity contribution in [2.45, 2.75) is 25.6 Å². The number of sulfonamides is 1. The standard InChI is InChI=1S/C18H21F3N2O5S/c1-12-22-17(10-27-12)13-2-4-15(5-3-13)28-9-14-8-26-7-6-16(14)23-29(24,25)11-18(19,20)21/h2-5,10,14,16,23H,6-9,11H2,1H3/t14-,16+/m1/s1. The van der Waals surface area contributed by atoms with E-state index in [9.17, 15) is 21.6 Å². The molecule has 160 valence electrons. The van der Waals surface area contributed by atoms with Crippen LogP contribution in [0.1, 0.15) is 12.3 Å². The largest absolute Gasteiger partial charge is 0.493 e. The minimum atomic E-state index is -4.80. The Hall–Kier alpha value is -2.11. The first-order valence-electron chi connectivity index (χ1n) is 8.91. The number of oxazole rings is 1. The van der Waals surface area contributed by atoms with Gasteiger partial charge in [-0.2, -0.15) is 13.2 Å². The van der Waals surface area contributed by atoms with Crippen LogP contribution in [0, 0.1) is 12.8 Å². The Morgan fingerprint density at radius 3 is 2.62 bits per heavy atom. The molecule has 1 fully saturated rings. The molecule has 0 amide bonds. The Balaban J connectivity index is 1.59. The smallest absolute Gasteiger partial charge is 0.404 e. The Morgan fingerprint density at radius 1 is 1.28 bits per heavy atom. The van der Waals surface area contributed by atoms with E-state index in [1.165, 1.54) is 0 Å². The maximum atomic E-state index is 12.4. The van der Waals surface area contributed by atoms with Crippen molar-refractivity contribution < 1.29 is 35.5 Å². The first-order valence-corrected chi connectivity index (χ1v) is 10.6. The fourth-order valence-electron chi connectivity index (χ4n) is 3.03. The molecule has 7 nitrogen and oxygen atoms in total. The molecule has 1 aliphatic heterocycles. The predicted molar refractivity (Wildman–Crippen MR) is 97.9 cm³/mol. The normalized spacial score (nSPS) is 20.6. The molecule has 0 spiro atoms. The molecule has 1 saturated heterocycles. The van der Waals surface area contributed by atoms with Crippen molar-refractivity contribution in [2.75, 3.05) is 25.6 Å². The lowest BCUT2D eigenvalue weighted by Crippen LogP contribution is -2.49. The van der Waals surface area contributed by atoms with Crippen molar-refractivity contribution in [1.82, 2.24) is 9.71 Å². The number of rotatable bonds is 7. The summed E-state index contributed by atoms with van der Waals surface area (Å²) in [5.74, 6) is -1.23. The van der Waals surface area contributed by atoms with Crippen molar-refractivity contribution in [3.05, 3.63) is 36.4 Å². The molecule has 29 heavy (non-hydrogen) atoms. The van der Waals surface area contributed by atoms with Gasteiger partial charge in [-0.1, -0.05) is 0 Å². The maximum Gasteiger partial charge on any atom is 0.404 e. The summed E-state index contributed by atoms with van der Waals surface area (Å²) in [5, 5.41) is 0. The molecule has 1 aromatic heterocycles. The number of hydrogen-bond acceptors (Lipinski definition) is 6. The van der Waals surface area contributed by atoms with Gasteiger partial charge in [-0.3, -0.25) is 0 Å². The Bertz CT molecular complexity index is 912. The summed E-state index contributed by atoms with van der Waals surface area (Å²) >= 11 is 0. The van der Waals surface area contributed by atoms with Crippen molar-refractivity contribution in [3.63, 3.8) is 0 Å². The van der Waals surface area contributed by atoms with Gasteiger partial charge in [0, 0.05) is 31.1 Å². The minimum absolute atomic E-state index is 0.0988. The zero-order valence-corrected chi connectivity index (χ0v) is 16.4. The molecule has 1 aliphatic rings. The SMILES string of the molecule is Cc1nc(-c2ccc(OC[C@H]3COCC[C@@H]3NS(=O)(=O)CC(F)(F)F)cc2)co1. The average molecular weight is 434 g/mol. The Morgan fingerprint density at radius 2 is 2.00 bits per heavy atom. The van der Waals surface area contributed by atoms with Crippen molar-refractivity contribution in [1.29, 1.82) is 0 Å². The van der Waals surface area contributed by atoms with Gasteiger partial charge in [0.25, 0.3) is 0 Å². The van der Waals surface area contributed by atoms with Crippen LogP contribution >= 0.6 is 0 Å². The van der Waals surface area contributed by atoms with Gasteiger partial charge < -0.3 is 13.9 Å². The van der Waals surface area contributed by atoms with Crippen LogP contribution < -0.4 is 9.46 Å². The highest BCUT2D eigenvalue weighted by Crippen LogP contribution is 2.24. The first-order chi connectivity index (χ1) is 13.6. The fourth-order valence-corrected chi connectivity index (χ4v) is 4.31. The quantitative estimate of drug-likeness (QED) is 0.721. The zero-order chi connectivity index (χ0) is 21.1. The van der Waals surface area contributed by atoms with Crippen LogP contribution in [0.15, 0.2) is 34.9 Å². The highest BCUT2D eigenvalue weighted by Gasteiger charge is 2.38. The second kappa shape index (κ2) is 8.72. The number of nitrogens with one attached hydrogen (secondary N) is 1. The van der Waals surface area contributed by atoms with E-state index in [0.717, 1.165) is 5.56 Å². The highest BCUT2D eigenvalue weighted by molar-refractivity contribution is 7.89. The number of benzene rings is 1. The monoisotopic (exact) mass is 434 g/mol. The van der Waals surface area contributed by atoms with Crippen LogP contribution in [0.25, 0.3) is 11.3 Å². The summed E-state index contributed by atoms with van der Waals surface area (Å²) in [4.78, 5) is 4.23. The maximum absolute atomic E-state index is 12.4. The third-order valence-corrected chi connectivity index (χ3v) is 5.76. The molecule has 0 bridgehead atoms. The lowest BCUT2D eigenvalue weighted by Gasteiger charge is -2.31.